The molecule has 0 aliphatic rings. The summed E-state index contributed by atoms with van der Waals surface area (Å²) in [6.07, 6.45) is 1.77. The Balaban J connectivity index is 2.18. The zero-order valence-electron chi connectivity index (χ0n) is 11.6. The van der Waals surface area contributed by atoms with Crippen molar-refractivity contribution in [2.45, 2.75) is 0 Å². The second-order valence-electron chi connectivity index (χ2n) is 4.38. The molecule has 2 heterocycles. The van der Waals surface area contributed by atoms with Crippen molar-refractivity contribution in [3.05, 3.63) is 42.1 Å². The first-order chi connectivity index (χ1) is 10.2. The van der Waals surface area contributed by atoms with Crippen LogP contribution in [0, 0.1) is 11.3 Å². The smallest absolute Gasteiger partial charge is 0.168 e. The maximum Gasteiger partial charge on any atom is 0.168 e. The molecule has 0 saturated carbocycles. The zero-order valence-corrected chi connectivity index (χ0v) is 11.6. The summed E-state index contributed by atoms with van der Waals surface area (Å²) in [6.45, 7) is 0. The molecule has 2 aromatic heterocycles. The highest BCUT2D eigenvalue weighted by Crippen LogP contribution is 2.29. The minimum Gasteiger partial charge on any atom is -0.497 e. The Labute approximate surface area is 121 Å². The van der Waals surface area contributed by atoms with E-state index in [0.29, 0.717) is 28.5 Å². The van der Waals surface area contributed by atoms with Gasteiger partial charge >= 0.3 is 0 Å². The van der Waals surface area contributed by atoms with Gasteiger partial charge in [0.15, 0.2) is 11.5 Å². The van der Waals surface area contributed by atoms with E-state index in [1.54, 1.807) is 38.6 Å². The molecule has 6 heteroatoms. The first-order valence-electron chi connectivity index (χ1n) is 6.23. The van der Waals surface area contributed by atoms with Gasteiger partial charge in [0.25, 0.3) is 0 Å². The molecule has 0 atom stereocenters. The third kappa shape index (κ3) is 2.25. The molecule has 3 aromatic rings. The summed E-state index contributed by atoms with van der Waals surface area (Å²) in [5.41, 5.74) is 1.99. The van der Waals surface area contributed by atoms with Crippen molar-refractivity contribution in [2.75, 3.05) is 14.2 Å². The molecule has 21 heavy (non-hydrogen) atoms. The van der Waals surface area contributed by atoms with Crippen LogP contribution < -0.4 is 9.47 Å². The molecule has 104 valence electrons. The van der Waals surface area contributed by atoms with Gasteiger partial charge in [-0.1, -0.05) is 0 Å². The standard InChI is InChI=1S/C15H12N4O2/c1-20-12-6-11(7-13(8-12)21-2)15-18-17-14-5-10(9-16)3-4-19(14)15/h3-8H,1-2H3. The first-order valence-corrected chi connectivity index (χ1v) is 6.23. The summed E-state index contributed by atoms with van der Waals surface area (Å²) in [6, 6.07) is 11.0. The summed E-state index contributed by atoms with van der Waals surface area (Å²) in [7, 11) is 3.19. The van der Waals surface area contributed by atoms with Crippen LogP contribution in [0.2, 0.25) is 0 Å². The normalized spacial score (nSPS) is 10.3. The van der Waals surface area contributed by atoms with Crippen LogP contribution in [0.15, 0.2) is 36.5 Å². The van der Waals surface area contributed by atoms with Crippen LogP contribution in [-0.2, 0) is 0 Å². The molecule has 0 fully saturated rings. The number of benzene rings is 1. The molecule has 3 rings (SSSR count). The van der Waals surface area contributed by atoms with Crippen LogP contribution in [-0.4, -0.2) is 28.8 Å². The molecule has 0 saturated heterocycles. The quantitative estimate of drug-likeness (QED) is 0.736. The Morgan fingerprint density at radius 3 is 2.38 bits per heavy atom. The number of ether oxygens (including phenoxy) is 2. The van der Waals surface area contributed by atoms with Gasteiger partial charge in [0.2, 0.25) is 0 Å². The monoisotopic (exact) mass is 280 g/mol. The summed E-state index contributed by atoms with van der Waals surface area (Å²) in [5, 5.41) is 17.2. The molecule has 0 radical (unpaired) electrons. The van der Waals surface area contributed by atoms with Crippen molar-refractivity contribution in [2.24, 2.45) is 0 Å². The minimum atomic E-state index is 0.546. The molecule has 1 aromatic carbocycles. The van der Waals surface area contributed by atoms with Gasteiger partial charge in [-0.2, -0.15) is 5.26 Å². The number of methoxy groups -OCH3 is 2. The molecular weight excluding hydrogens is 268 g/mol. The van der Waals surface area contributed by atoms with Gasteiger partial charge in [0.05, 0.1) is 25.9 Å². The van der Waals surface area contributed by atoms with Crippen LogP contribution in [0.25, 0.3) is 17.0 Å². The predicted molar refractivity (Wildman–Crippen MR) is 76.2 cm³/mol. The van der Waals surface area contributed by atoms with Crippen molar-refractivity contribution in [1.82, 2.24) is 14.6 Å². The summed E-state index contributed by atoms with van der Waals surface area (Å²) in [5.74, 6) is 2.01. The lowest BCUT2D eigenvalue weighted by Gasteiger charge is -2.07. The number of hydrogen-bond acceptors (Lipinski definition) is 5. The van der Waals surface area contributed by atoms with Gasteiger partial charge in [-0.05, 0) is 18.2 Å². The van der Waals surface area contributed by atoms with Gasteiger partial charge < -0.3 is 9.47 Å². The summed E-state index contributed by atoms with van der Waals surface area (Å²) < 4.78 is 12.3. The van der Waals surface area contributed by atoms with Gasteiger partial charge in [0.1, 0.15) is 11.5 Å². The number of nitrogens with zero attached hydrogens (tertiary/aromatic N) is 4. The molecular formula is C15H12N4O2. The fourth-order valence-electron chi connectivity index (χ4n) is 2.09. The lowest BCUT2D eigenvalue weighted by molar-refractivity contribution is 0.394. The molecule has 0 spiro atoms. The highest BCUT2D eigenvalue weighted by atomic mass is 16.5. The van der Waals surface area contributed by atoms with E-state index in [2.05, 4.69) is 16.3 Å². The number of fused-ring (bicyclic) bond motifs is 1. The highest BCUT2D eigenvalue weighted by Gasteiger charge is 2.11. The number of pyridine rings is 1. The Hall–Kier alpha value is -3.07. The highest BCUT2D eigenvalue weighted by molar-refractivity contribution is 5.64. The third-order valence-electron chi connectivity index (χ3n) is 3.15. The van der Waals surface area contributed by atoms with E-state index in [4.69, 9.17) is 14.7 Å². The number of nitriles is 1. The van der Waals surface area contributed by atoms with Crippen LogP contribution in [0.5, 0.6) is 11.5 Å². The van der Waals surface area contributed by atoms with Crippen molar-refractivity contribution >= 4 is 5.65 Å². The van der Waals surface area contributed by atoms with Crippen LogP contribution in [0.3, 0.4) is 0 Å². The van der Waals surface area contributed by atoms with Crippen molar-refractivity contribution in [3.8, 4) is 29.0 Å². The van der Waals surface area contributed by atoms with Crippen LogP contribution in [0.1, 0.15) is 5.56 Å². The van der Waals surface area contributed by atoms with E-state index in [1.807, 2.05) is 16.5 Å². The second kappa shape index (κ2) is 5.13. The maximum absolute atomic E-state index is 8.92. The zero-order chi connectivity index (χ0) is 14.8. The Morgan fingerprint density at radius 1 is 1.05 bits per heavy atom. The molecule has 0 aliphatic carbocycles. The average molecular weight is 280 g/mol. The maximum atomic E-state index is 8.92. The Bertz CT molecular complexity index is 826. The molecule has 0 bridgehead atoms. The second-order valence-corrected chi connectivity index (χ2v) is 4.38. The first kappa shape index (κ1) is 12.9. The fraction of sp³-hybridized carbons (Fsp3) is 0.133. The Kier molecular flexibility index (Phi) is 3.16. The van der Waals surface area contributed by atoms with E-state index >= 15 is 0 Å². The molecule has 0 amide bonds. The topological polar surface area (TPSA) is 72.4 Å². The number of rotatable bonds is 3. The average Bonchev–Trinajstić information content (AvgIpc) is 2.97. The van der Waals surface area contributed by atoms with Crippen LogP contribution in [0.4, 0.5) is 0 Å². The van der Waals surface area contributed by atoms with Gasteiger partial charge in [-0.15, -0.1) is 10.2 Å². The molecule has 0 N–H and O–H groups in total. The lowest BCUT2D eigenvalue weighted by Crippen LogP contribution is -1.93. The van der Waals surface area contributed by atoms with E-state index in [-0.39, 0.29) is 0 Å². The van der Waals surface area contributed by atoms with Crippen molar-refractivity contribution < 1.29 is 9.47 Å². The Morgan fingerprint density at radius 2 is 1.76 bits per heavy atom. The lowest BCUT2D eigenvalue weighted by atomic mass is 10.2. The van der Waals surface area contributed by atoms with E-state index in [9.17, 15) is 0 Å². The molecule has 6 nitrogen and oxygen atoms in total. The van der Waals surface area contributed by atoms with Gasteiger partial charge in [-0.25, -0.2) is 0 Å². The van der Waals surface area contributed by atoms with E-state index in [1.165, 1.54) is 0 Å². The molecule has 0 aliphatic heterocycles. The van der Waals surface area contributed by atoms with Crippen LogP contribution >= 0.6 is 0 Å². The fourth-order valence-corrected chi connectivity index (χ4v) is 2.09. The van der Waals surface area contributed by atoms with Gasteiger partial charge in [-0.3, -0.25) is 4.40 Å². The number of aromatic nitrogens is 3. The summed E-state index contributed by atoms with van der Waals surface area (Å²) >= 11 is 0. The SMILES string of the molecule is COc1cc(OC)cc(-c2nnc3cc(C#N)ccn23)c1. The largest absolute Gasteiger partial charge is 0.497 e. The van der Waals surface area contributed by atoms with E-state index in [0.717, 1.165) is 5.56 Å². The van der Waals surface area contributed by atoms with Crippen molar-refractivity contribution in [3.63, 3.8) is 0 Å². The minimum absolute atomic E-state index is 0.546. The van der Waals surface area contributed by atoms with Crippen molar-refractivity contribution in [1.29, 1.82) is 5.26 Å². The third-order valence-corrected chi connectivity index (χ3v) is 3.15. The summed E-state index contributed by atoms with van der Waals surface area (Å²) in [4.78, 5) is 0. The van der Waals surface area contributed by atoms with Gasteiger partial charge in [0, 0.05) is 23.9 Å². The predicted octanol–water partition coefficient (Wildman–Crippen LogP) is 2.29. The number of hydrogen-bond donors (Lipinski definition) is 0. The molecule has 0 unspecified atom stereocenters. The van der Waals surface area contributed by atoms with E-state index < -0.39 is 0 Å².